The number of nitrogens with one attached hydrogen (secondary N) is 1. The van der Waals surface area contributed by atoms with E-state index in [0.717, 1.165) is 22.8 Å². The molecule has 0 aliphatic rings. The predicted octanol–water partition coefficient (Wildman–Crippen LogP) is 3.80. The number of anilines is 3. The summed E-state index contributed by atoms with van der Waals surface area (Å²) in [6.07, 6.45) is 0.140. The van der Waals surface area contributed by atoms with Crippen molar-refractivity contribution < 1.29 is 4.74 Å². The molecule has 0 aliphatic carbocycles. The van der Waals surface area contributed by atoms with Gasteiger partial charge in [-0.1, -0.05) is 24.3 Å². The van der Waals surface area contributed by atoms with Crippen molar-refractivity contribution in [2.75, 3.05) is 11.1 Å². The summed E-state index contributed by atoms with van der Waals surface area (Å²) < 4.78 is 5.75. The summed E-state index contributed by atoms with van der Waals surface area (Å²) in [5.74, 6) is 0.829. The van der Waals surface area contributed by atoms with Gasteiger partial charge in [-0.3, -0.25) is 0 Å². The van der Waals surface area contributed by atoms with Crippen LogP contribution in [0.5, 0.6) is 5.75 Å². The fourth-order valence-electron chi connectivity index (χ4n) is 1.68. The van der Waals surface area contributed by atoms with Crippen molar-refractivity contribution in [3.05, 3.63) is 48.5 Å². The molecule has 0 heterocycles. The van der Waals surface area contributed by atoms with Crippen molar-refractivity contribution in [2.45, 2.75) is 20.0 Å². The zero-order valence-corrected chi connectivity index (χ0v) is 10.7. The number of nitrogens with two attached hydrogens (primary N) is 1. The van der Waals surface area contributed by atoms with E-state index < -0.39 is 0 Å². The Hall–Kier alpha value is -2.16. The second-order valence-electron chi connectivity index (χ2n) is 4.38. The maximum atomic E-state index is 5.92. The minimum atomic E-state index is 0.140. The Morgan fingerprint density at radius 2 is 1.56 bits per heavy atom. The Bertz CT molecular complexity index is 523. The molecule has 3 nitrogen and oxygen atoms in total. The maximum Gasteiger partial charge on any atom is 0.143 e. The summed E-state index contributed by atoms with van der Waals surface area (Å²) in [7, 11) is 0. The minimum absolute atomic E-state index is 0.140. The molecule has 94 valence electrons. The number of para-hydroxylation sites is 4. The third kappa shape index (κ3) is 2.94. The largest absolute Gasteiger partial charge is 0.489 e. The van der Waals surface area contributed by atoms with Gasteiger partial charge in [0.05, 0.1) is 23.2 Å². The lowest BCUT2D eigenvalue weighted by Crippen LogP contribution is -2.07. The molecule has 0 bridgehead atoms. The zero-order chi connectivity index (χ0) is 13.0. The van der Waals surface area contributed by atoms with Gasteiger partial charge in [0, 0.05) is 0 Å². The smallest absolute Gasteiger partial charge is 0.143 e. The fourth-order valence-corrected chi connectivity index (χ4v) is 1.68. The molecular weight excluding hydrogens is 224 g/mol. The molecule has 0 saturated heterocycles. The van der Waals surface area contributed by atoms with Crippen molar-refractivity contribution in [1.82, 2.24) is 0 Å². The number of hydrogen-bond acceptors (Lipinski definition) is 3. The second kappa shape index (κ2) is 5.45. The first kappa shape index (κ1) is 12.3. The van der Waals surface area contributed by atoms with E-state index in [4.69, 9.17) is 10.5 Å². The predicted molar refractivity (Wildman–Crippen MR) is 76.3 cm³/mol. The molecule has 0 radical (unpaired) electrons. The molecule has 0 aliphatic heterocycles. The highest BCUT2D eigenvalue weighted by atomic mass is 16.5. The molecule has 0 atom stereocenters. The molecule has 18 heavy (non-hydrogen) atoms. The Morgan fingerprint density at radius 3 is 2.22 bits per heavy atom. The molecular formula is C15H18N2O. The number of benzene rings is 2. The summed E-state index contributed by atoms with van der Waals surface area (Å²) in [5.41, 5.74) is 8.44. The van der Waals surface area contributed by atoms with Gasteiger partial charge in [0.25, 0.3) is 0 Å². The lowest BCUT2D eigenvalue weighted by atomic mass is 10.2. The lowest BCUT2D eigenvalue weighted by molar-refractivity contribution is 0.244. The van der Waals surface area contributed by atoms with Gasteiger partial charge >= 0.3 is 0 Å². The zero-order valence-electron chi connectivity index (χ0n) is 10.7. The van der Waals surface area contributed by atoms with Gasteiger partial charge in [0.1, 0.15) is 5.75 Å². The van der Waals surface area contributed by atoms with E-state index in [0.29, 0.717) is 0 Å². The average molecular weight is 242 g/mol. The number of hydrogen-bond donors (Lipinski definition) is 2. The second-order valence-corrected chi connectivity index (χ2v) is 4.38. The molecule has 0 unspecified atom stereocenters. The normalized spacial score (nSPS) is 10.4. The SMILES string of the molecule is CC(C)Oc1ccccc1Nc1ccccc1N. The molecule has 0 aromatic heterocycles. The van der Waals surface area contributed by atoms with Gasteiger partial charge < -0.3 is 15.8 Å². The molecule has 0 fully saturated rings. The summed E-state index contributed by atoms with van der Waals surface area (Å²) >= 11 is 0. The molecule has 3 N–H and O–H groups in total. The van der Waals surface area contributed by atoms with Gasteiger partial charge in [-0.15, -0.1) is 0 Å². The first-order chi connectivity index (χ1) is 8.66. The van der Waals surface area contributed by atoms with Gasteiger partial charge in [-0.2, -0.15) is 0 Å². The first-order valence-corrected chi connectivity index (χ1v) is 6.04. The highest BCUT2D eigenvalue weighted by Crippen LogP contribution is 2.30. The molecule has 2 rings (SSSR count). The topological polar surface area (TPSA) is 47.3 Å². The van der Waals surface area contributed by atoms with Crippen molar-refractivity contribution in [3.8, 4) is 5.75 Å². The van der Waals surface area contributed by atoms with Crippen LogP contribution in [0.25, 0.3) is 0 Å². The van der Waals surface area contributed by atoms with E-state index in [2.05, 4.69) is 5.32 Å². The monoisotopic (exact) mass is 242 g/mol. The number of nitrogen functional groups attached to an aromatic ring is 1. The maximum absolute atomic E-state index is 5.92. The molecule has 0 spiro atoms. The van der Waals surface area contributed by atoms with Crippen LogP contribution < -0.4 is 15.8 Å². The van der Waals surface area contributed by atoms with Crippen LogP contribution in [-0.4, -0.2) is 6.10 Å². The van der Waals surface area contributed by atoms with Crippen LogP contribution in [0.3, 0.4) is 0 Å². The van der Waals surface area contributed by atoms with Crippen molar-refractivity contribution in [1.29, 1.82) is 0 Å². The van der Waals surface area contributed by atoms with Crippen LogP contribution in [0.2, 0.25) is 0 Å². The van der Waals surface area contributed by atoms with E-state index in [9.17, 15) is 0 Å². The molecule has 2 aromatic carbocycles. The van der Waals surface area contributed by atoms with Crippen molar-refractivity contribution in [3.63, 3.8) is 0 Å². The Kier molecular flexibility index (Phi) is 3.72. The third-order valence-corrected chi connectivity index (χ3v) is 2.48. The minimum Gasteiger partial charge on any atom is -0.489 e. The quantitative estimate of drug-likeness (QED) is 0.802. The van der Waals surface area contributed by atoms with E-state index in [-0.39, 0.29) is 6.10 Å². The number of ether oxygens (including phenoxy) is 1. The van der Waals surface area contributed by atoms with Crippen LogP contribution in [0.4, 0.5) is 17.1 Å². The molecule has 3 heteroatoms. The summed E-state index contributed by atoms with van der Waals surface area (Å²) in [5, 5.41) is 3.30. The van der Waals surface area contributed by atoms with Gasteiger partial charge in [0.15, 0.2) is 0 Å². The van der Waals surface area contributed by atoms with Crippen molar-refractivity contribution >= 4 is 17.1 Å². The van der Waals surface area contributed by atoms with Crippen LogP contribution in [0.15, 0.2) is 48.5 Å². The van der Waals surface area contributed by atoms with Gasteiger partial charge in [-0.25, -0.2) is 0 Å². The van der Waals surface area contributed by atoms with Crippen LogP contribution >= 0.6 is 0 Å². The molecule has 0 saturated carbocycles. The third-order valence-electron chi connectivity index (χ3n) is 2.48. The highest BCUT2D eigenvalue weighted by molar-refractivity contribution is 5.75. The van der Waals surface area contributed by atoms with Gasteiger partial charge in [-0.05, 0) is 38.1 Å². The first-order valence-electron chi connectivity index (χ1n) is 6.04. The van der Waals surface area contributed by atoms with E-state index in [1.54, 1.807) is 0 Å². The Morgan fingerprint density at radius 1 is 0.944 bits per heavy atom. The van der Waals surface area contributed by atoms with Crippen LogP contribution in [0.1, 0.15) is 13.8 Å². The number of rotatable bonds is 4. The highest BCUT2D eigenvalue weighted by Gasteiger charge is 2.06. The van der Waals surface area contributed by atoms with Crippen LogP contribution in [-0.2, 0) is 0 Å². The van der Waals surface area contributed by atoms with Gasteiger partial charge in [0.2, 0.25) is 0 Å². The van der Waals surface area contributed by atoms with Crippen molar-refractivity contribution in [2.24, 2.45) is 0 Å². The average Bonchev–Trinajstić information content (AvgIpc) is 2.34. The Labute approximate surface area is 108 Å². The molecule has 0 amide bonds. The van der Waals surface area contributed by atoms with E-state index in [1.807, 2.05) is 62.4 Å². The lowest BCUT2D eigenvalue weighted by Gasteiger charge is -2.16. The Balaban J connectivity index is 2.26. The molecule has 2 aromatic rings. The summed E-state index contributed by atoms with van der Waals surface area (Å²) in [4.78, 5) is 0. The summed E-state index contributed by atoms with van der Waals surface area (Å²) in [6.45, 7) is 4.02. The van der Waals surface area contributed by atoms with E-state index >= 15 is 0 Å². The van der Waals surface area contributed by atoms with Crippen LogP contribution in [0, 0.1) is 0 Å². The fraction of sp³-hybridized carbons (Fsp3) is 0.200. The summed E-state index contributed by atoms with van der Waals surface area (Å²) in [6, 6.07) is 15.5. The van der Waals surface area contributed by atoms with E-state index in [1.165, 1.54) is 0 Å². The standard InChI is InChI=1S/C15H18N2O/c1-11(2)18-15-10-6-5-9-14(15)17-13-8-4-3-7-12(13)16/h3-11,17H,16H2,1-2H3.